The lowest BCUT2D eigenvalue weighted by molar-refractivity contribution is -0.132. The predicted molar refractivity (Wildman–Crippen MR) is 110 cm³/mol. The molecular weight excluding hydrogens is 352 g/mol. The highest BCUT2D eigenvalue weighted by Crippen LogP contribution is 2.27. The van der Waals surface area contributed by atoms with Crippen molar-refractivity contribution in [1.82, 2.24) is 10.2 Å². The molecule has 1 aromatic rings. The first-order chi connectivity index (χ1) is 13.7. The molecule has 0 spiro atoms. The Hall–Kier alpha value is -2.04. The van der Waals surface area contributed by atoms with Gasteiger partial charge in [0.2, 0.25) is 5.91 Å². The van der Waals surface area contributed by atoms with Crippen molar-refractivity contribution in [2.75, 3.05) is 19.7 Å². The van der Waals surface area contributed by atoms with Gasteiger partial charge in [-0.3, -0.25) is 9.59 Å². The van der Waals surface area contributed by atoms with Crippen molar-refractivity contribution in [1.29, 1.82) is 0 Å². The van der Waals surface area contributed by atoms with Crippen LogP contribution in [0.5, 0.6) is 5.75 Å². The van der Waals surface area contributed by atoms with Crippen molar-refractivity contribution in [3.63, 3.8) is 0 Å². The molecule has 5 nitrogen and oxygen atoms in total. The van der Waals surface area contributed by atoms with Crippen LogP contribution in [0.2, 0.25) is 0 Å². The number of hydrogen-bond donors (Lipinski definition) is 1. The zero-order valence-electron chi connectivity index (χ0n) is 17.1. The lowest BCUT2D eigenvalue weighted by atomic mass is 9.86. The standard InChI is InChI=1S/C23H34N2O3/c1-2-28-21-11-9-19(10-12-21)23(27)24-20-14-16-25(17-15-20)22(26)13-8-18-6-4-3-5-7-18/h9-12,18,20H,2-8,13-17H2,1H3,(H,24,27). The Morgan fingerprint density at radius 1 is 1.04 bits per heavy atom. The summed E-state index contributed by atoms with van der Waals surface area (Å²) in [6.45, 7) is 4.05. The van der Waals surface area contributed by atoms with Crippen LogP contribution in [0, 0.1) is 5.92 Å². The molecule has 1 saturated carbocycles. The number of piperidine rings is 1. The fraction of sp³-hybridized carbons (Fsp3) is 0.652. The first-order valence-corrected chi connectivity index (χ1v) is 11.0. The smallest absolute Gasteiger partial charge is 0.251 e. The normalized spacial score (nSPS) is 18.7. The van der Waals surface area contributed by atoms with Gasteiger partial charge in [-0.1, -0.05) is 32.1 Å². The molecule has 1 aliphatic carbocycles. The third-order valence-electron chi connectivity index (χ3n) is 6.10. The SMILES string of the molecule is CCOc1ccc(C(=O)NC2CCN(C(=O)CCC3CCCCC3)CC2)cc1. The molecule has 0 bridgehead atoms. The van der Waals surface area contributed by atoms with E-state index in [1.807, 2.05) is 24.0 Å². The van der Waals surface area contributed by atoms with E-state index in [1.165, 1.54) is 32.1 Å². The number of amides is 2. The van der Waals surface area contributed by atoms with E-state index in [4.69, 9.17) is 4.74 Å². The number of benzene rings is 1. The molecule has 2 fully saturated rings. The first kappa shape index (κ1) is 20.7. The summed E-state index contributed by atoms with van der Waals surface area (Å²) < 4.78 is 5.41. The summed E-state index contributed by atoms with van der Waals surface area (Å²) in [5.41, 5.74) is 0.648. The molecule has 2 amide bonds. The Balaban J connectivity index is 1.38. The first-order valence-electron chi connectivity index (χ1n) is 11.0. The van der Waals surface area contributed by atoms with E-state index in [1.54, 1.807) is 12.1 Å². The largest absolute Gasteiger partial charge is 0.494 e. The molecule has 1 N–H and O–H groups in total. The minimum Gasteiger partial charge on any atom is -0.494 e. The van der Waals surface area contributed by atoms with Crippen molar-refractivity contribution < 1.29 is 14.3 Å². The van der Waals surface area contributed by atoms with Gasteiger partial charge in [0.05, 0.1) is 6.61 Å². The van der Waals surface area contributed by atoms with Crippen LogP contribution in [0.4, 0.5) is 0 Å². The van der Waals surface area contributed by atoms with E-state index >= 15 is 0 Å². The topological polar surface area (TPSA) is 58.6 Å². The van der Waals surface area contributed by atoms with Crippen LogP contribution in [0.3, 0.4) is 0 Å². The van der Waals surface area contributed by atoms with Gasteiger partial charge in [0.15, 0.2) is 0 Å². The van der Waals surface area contributed by atoms with Crippen LogP contribution in [-0.2, 0) is 4.79 Å². The van der Waals surface area contributed by atoms with Gasteiger partial charge in [0.25, 0.3) is 5.91 Å². The average molecular weight is 387 g/mol. The van der Waals surface area contributed by atoms with Crippen molar-refractivity contribution in [3.05, 3.63) is 29.8 Å². The Bertz CT molecular complexity index is 630. The van der Waals surface area contributed by atoms with Gasteiger partial charge < -0.3 is 15.0 Å². The van der Waals surface area contributed by atoms with E-state index in [2.05, 4.69) is 5.32 Å². The Labute approximate surface area is 168 Å². The molecule has 154 valence electrons. The van der Waals surface area contributed by atoms with Gasteiger partial charge in [-0.2, -0.15) is 0 Å². The van der Waals surface area contributed by atoms with Gasteiger partial charge in [-0.05, 0) is 56.4 Å². The van der Waals surface area contributed by atoms with Gasteiger partial charge in [-0.25, -0.2) is 0 Å². The predicted octanol–water partition coefficient (Wildman–Crippen LogP) is 4.17. The molecule has 2 aliphatic rings. The molecule has 0 aromatic heterocycles. The zero-order valence-corrected chi connectivity index (χ0v) is 17.1. The number of nitrogens with zero attached hydrogens (tertiary/aromatic N) is 1. The van der Waals surface area contributed by atoms with E-state index in [0.29, 0.717) is 24.5 Å². The molecular formula is C23H34N2O3. The highest BCUT2D eigenvalue weighted by molar-refractivity contribution is 5.94. The average Bonchev–Trinajstić information content (AvgIpc) is 2.74. The summed E-state index contributed by atoms with van der Waals surface area (Å²) in [5, 5.41) is 3.11. The lowest BCUT2D eigenvalue weighted by Crippen LogP contribution is -2.46. The van der Waals surface area contributed by atoms with Crippen molar-refractivity contribution in [2.24, 2.45) is 5.92 Å². The van der Waals surface area contributed by atoms with E-state index in [-0.39, 0.29) is 11.9 Å². The number of carbonyl (C=O) groups is 2. The molecule has 1 saturated heterocycles. The summed E-state index contributed by atoms with van der Waals surface area (Å²) >= 11 is 0. The van der Waals surface area contributed by atoms with Crippen LogP contribution < -0.4 is 10.1 Å². The number of nitrogens with one attached hydrogen (secondary N) is 1. The Morgan fingerprint density at radius 2 is 1.71 bits per heavy atom. The third kappa shape index (κ3) is 5.98. The number of ether oxygens (including phenoxy) is 1. The summed E-state index contributed by atoms with van der Waals surface area (Å²) in [5.74, 6) is 1.77. The van der Waals surface area contributed by atoms with E-state index in [9.17, 15) is 9.59 Å². The summed E-state index contributed by atoms with van der Waals surface area (Å²) in [4.78, 5) is 26.9. The number of hydrogen-bond acceptors (Lipinski definition) is 3. The molecule has 0 radical (unpaired) electrons. The molecule has 5 heteroatoms. The second kappa shape index (κ2) is 10.5. The van der Waals surface area contributed by atoms with Crippen LogP contribution in [0.25, 0.3) is 0 Å². The highest BCUT2D eigenvalue weighted by Gasteiger charge is 2.25. The van der Waals surface area contributed by atoms with Crippen LogP contribution in [0.15, 0.2) is 24.3 Å². The van der Waals surface area contributed by atoms with Gasteiger partial charge in [0.1, 0.15) is 5.75 Å². The maximum Gasteiger partial charge on any atom is 0.251 e. The molecule has 1 aromatic carbocycles. The van der Waals surface area contributed by atoms with Gasteiger partial charge in [-0.15, -0.1) is 0 Å². The molecule has 1 heterocycles. The fourth-order valence-corrected chi connectivity index (χ4v) is 4.37. The fourth-order valence-electron chi connectivity index (χ4n) is 4.37. The minimum atomic E-state index is -0.0508. The highest BCUT2D eigenvalue weighted by atomic mass is 16.5. The Morgan fingerprint density at radius 3 is 2.36 bits per heavy atom. The molecule has 3 rings (SSSR count). The van der Waals surface area contributed by atoms with Gasteiger partial charge in [0, 0.05) is 31.1 Å². The molecule has 28 heavy (non-hydrogen) atoms. The number of rotatable bonds is 7. The molecule has 0 atom stereocenters. The second-order valence-electron chi connectivity index (χ2n) is 8.13. The maximum atomic E-state index is 12.5. The Kier molecular flexibility index (Phi) is 7.75. The minimum absolute atomic E-state index is 0.0508. The quantitative estimate of drug-likeness (QED) is 0.765. The summed E-state index contributed by atoms with van der Waals surface area (Å²) in [6.07, 6.45) is 10.0. The number of carbonyl (C=O) groups excluding carboxylic acids is 2. The molecule has 0 unspecified atom stereocenters. The lowest BCUT2D eigenvalue weighted by Gasteiger charge is -2.33. The number of likely N-dealkylation sites (tertiary alicyclic amines) is 1. The van der Waals surface area contributed by atoms with E-state index in [0.717, 1.165) is 44.0 Å². The van der Waals surface area contributed by atoms with E-state index < -0.39 is 0 Å². The van der Waals surface area contributed by atoms with Crippen LogP contribution in [0.1, 0.15) is 75.1 Å². The van der Waals surface area contributed by atoms with Crippen molar-refractivity contribution in [2.45, 2.75) is 70.8 Å². The third-order valence-corrected chi connectivity index (χ3v) is 6.10. The van der Waals surface area contributed by atoms with Crippen molar-refractivity contribution in [3.8, 4) is 5.75 Å². The van der Waals surface area contributed by atoms with Crippen LogP contribution in [-0.4, -0.2) is 42.5 Å². The monoisotopic (exact) mass is 386 g/mol. The second-order valence-corrected chi connectivity index (χ2v) is 8.13. The van der Waals surface area contributed by atoms with Crippen LogP contribution >= 0.6 is 0 Å². The zero-order chi connectivity index (χ0) is 19.8. The maximum absolute atomic E-state index is 12.5. The van der Waals surface area contributed by atoms with Gasteiger partial charge >= 0.3 is 0 Å². The molecule has 1 aliphatic heterocycles. The van der Waals surface area contributed by atoms with Crippen molar-refractivity contribution >= 4 is 11.8 Å². The summed E-state index contributed by atoms with van der Waals surface area (Å²) in [7, 11) is 0. The summed E-state index contributed by atoms with van der Waals surface area (Å²) in [6, 6.07) is 7.38.